The highest BCUT2D eigenvalue weighted by atomic mass is 16.4. The fourth-order valence-electron chi connectivity index (χ4n) is 1.33. The van der Waals surface area contributed by atoms with Gasteiger partial charge in [0, 0.05) is 11.3 Å². The molecule has 2 rings (SSSR count). The summed E-state index contributed by atoms with van der Waals surface area (Å²) in [6, 6.07) is 5.40. The molecule has 0 fully saturated rings. The average Bonchev–Trinajstić information content (AvgIpc) is 2.69. The van der Waals surface area contributed by atoms with Crippen molar-refractivity contribution in [1.82, 2.24) is 20.2 Å². The summed E-state index contributed by atoms with van der Waals surface area (Å²) >= 11 is 0. The Labute approximate surface area is 96.9 Å². The molecule has 0 atom stereocenters. The first-order valence-electron chi connectivity index (χ1n) is 4.92. The molecule has 17 heavy (non-hydrogen) atoms. The van der Waals surface area contributed by atoms with Crippen molar-refractivity contribution in [2.75, 3.05) is 5.73 Å². The number of carbonyl (C=O) groups is 1. The summed E-state index contributed by atoms with van der Waals surface area (Å²) in [6.45, 7) is 1.59. The lowest BCUT2D eigenvalue weighted by Crippen LogP contribution is -2.11. The van der Waals surface area contributed by atoms with Crippen LogP contribution in [0, 0.1) is 6.92 Å². The van der Waals surface area contributed by atoms with E-state index in [2.05, 4.69) is 15.4 Å². The maximum atomic E-state index is 10.5. The molecule has 1 aromatic carbocycles. The minimum absolute atomic E-state index is 0.311. The Morgan fingerprint density at radius 2 is 2.29 bits per heavy atom. The van der Waals surface area contributed by atoms with Crippen LogP contribution in [0.5, 0.6) is 0 Å². The van der Waals surface area contributed by atoms with Crippen LogP contribution in [0.1, 0.15) is 5.56 Å². The Morgan fingerprint density at radius 3 is 2.94 bits per heavy atom. The quantitative estimate of drug-likeness (QED) is 0.739. The highest BCUT2D eigenvalue weighted by Gasteiger charge is 2.08. The summed E-state index contributed by atoms with van der Waals surface area (Å²) in [6.07, 6.45) is 0. The molecule has 0 radical (unpaired) electrons. The summed E-state index contributed by atoms with van der Waals surface area (Å²) < 4.78 is 0. The van der Waals surface area contributed by atoms with Gasteiger partial charge in [0.1, 0.15) is 0 Å². The number of aromatic nitrogens is 4. The van der Waals surface area contributed by atoms with Gasteiger partial charge < -0.3 is 10.8 Å². The predicted octanol–water partition coefficient (Wildman–Crippen LogP) is 0.315. The minimum atomic E-state index is -1.02. The van der Waals surface area contributed by atoms with Gasteiger partial charge in [-0.25, -0.2) is 0 Å². The van der Waals surface area contributed by atoms with Gasteiger partial charge in [-0.15, -0.1) is 10.2 Å². The molecule has 0 amide bonds. The average molecular weight is 233 g/mol. The standard InChI is InChI=1S/C10H11N5O2/c1-6-2-3-7(4-8(6)11)10-12-14-15(13-10)5-9(16)17/h2-4H,5,11H2,1H3,(H,16,17). The maximum absolute atomic E-state index is 10.5. The Kier molecular flexibility index (Phi) is 2.73. The predicted molar refractivity (Wildman–Crippen MR) is 60.0 cm³/mol. The molecule has 0 unspecified atom stereocenters. The van der Waals surface area contributed by atoms with Crippen molar-refractivity contribution in [3.8, 4) is 11.4 Å². The topological polar surface area (TPSA) is 107 Å². The summed E-state index contributed by atoms with van der Waals surface area (Å²) in [5.74, 6) is -0.657. The first-order chi connectivity index (χ1) is 8.06. The normalized spacial score (nSPS) is 10.4. The molecule has 0 aliphatic carbocycles. The van der Waals surface area contributed by atoms with Gasteiger partial charge in [0.2, 0.25) is 5.82 Å². The first-order valence-corrected chi connectivity index (χ1v) is 4.92. The van der Waals surface area contributed by atoms with E-state index in [0.29, 0.717) is 17.1 Å². The largest absolute Gasteiger partial charge is 0.480 e. The third kappa shape index (κ3) is 2.39. The lowest BCUT2D eigenvalue weighted by molar-refractivity contribution is -0.138. The number of nitrogens with two attached hydrogens (primary N) is 1. The molecular formula is C10H11N5O2. The number of tetrazole rings is 1. The number of benzene rings is 1. The number of nitrogens with zero attached hydrogens (tertiary/aromatic N) is 4. The molecular weight excluding hydrogens is 222 g/mol. The smallest absolute Gasteiger partial charge is 0.327 e. The molecule has 0 bridgehead atoms. The third-order valence-corrected chi connectivity index (χ3v) is 2.27. The van der Waals surface area contributed by atoms with Crippen LogP contribution in [0.25, 0.3) is 11.4 Å². The Hall–Kier alpha value is -2.44. The van der Waals surface area contributed by atoms with Gasteiger partial charge in [-0.3, -0.25) is 4.79 Å². The summed E-state index contributed by atoms with van der Waals surface area (Å²) in [7, 11) is 0. The fourth-order valence-corrected chi connectivity index (χ4v) is 1.33. The molecule has 0 saturated heterocycles. The van der Waals surface area contributed by atoms with Crippen molar-refractivity contribution in [1.29, 1.82) is 0 Å². The Morgan fingerprint density at radius 1 is 1.53 bits per heavy atom. The van der Waals surface area contributed by atoms with Crippen molar-refractivity contribution in [3.05, 3.63) is 23.8 Å². The summed E-state index contributed by atoms with van der Waals surface area (Å²) in [4.78, 5) is 11.5. The van der Waals surface area contributed by atoms with Crippen LogP contribution in [-0.4, -0.2) is 31.3 Å². The van der Waals surface area contributed by atoms with Gasteiger partial charge in [-0.2, -0.15) is 4.80 Å². The zero-order valence-electron chi connectivity index (χ0n) is 9.16. The zero-order valence-corrected chi connectivity index (χ0v) is 9.16. The van der Waals surface area contributed by atoms with Crippen molar-refractivity contribution in [3.63, 3.8) is 0 Å². The number of aliphatic carboxylic acids is 1. The highest BCUT2D eigenvalue weighted by Crippen LogP contribution is 2.19. The van der Waals surface area contributed by atoms with Gasteiger partial charge in [-0.1, -0.05) is 12.1 Å². The maximum Gasteiger partial charge on any atom is 0.327 e. The van der Waals surface area contributed by atoms with E-state index in [1.54, 1.807) is 6.07 Å². The number of hydrogen-bond acceptors (Lipinski definition) is 5. The molecule has 88 valence electrons. The molecule has 0 saturated carbocycles. The molecule has 7 heteroatoms. The third-order valence-electron chi connectivity index (χ3n) is 2.27. The molecule has 2 aromatic rings. The second-order valence-corrected chi connectivity index (χ2v) is 3.61. The molecule has 3 N–H and O–H groups in total. The van der Waals surface area contributed by atoms with Gasteiger partial charge in [-0.05, 0) is 23.8 Å². The van der Waals surface area contributed by atoms with E-state index in [0.717, 1.165) is 10.4 Å². The van der Waals surface area contributed by atoms with E-state index in [1.165, 1.54) is 0 Å². The SMILES string of the molecule is Cc1ccc(-c2nnn(CC(=O)O)n2)cc1N. The number of hydrogen-bond donors (Lipinski definition) is 2. The van der Waals surface area contributed by atoms with Crippen molar-refractivity contribution < 1.29 is 9.90 Å². The van der Waals surface area contributed by atoms with Gasteiger partial charge in [0.15, 0.2) is 6.54 Å². The number of rotatable bonds is 3. The van der Waals surface area contributed by atoms with Crippen LogP contribution >= 0.6 is 0 Å². The van der Waals surface area contributed by atoms with E-state index < -0.39 is 5.97 Å². The van der Waals surface area contributed by atoms with Crippen LogP contribution in [0.3, 0.4) is 0 Å². The molecule has 0 aliphatic heterocycles. The lowest BCUT2D eigenvalue weighted by atomic mass is 10.1. The molecule has 0 spiro atoms. The minimum Gasteiger partial charge on any atom is -0.480 e. The van der Waals surface area contributed by atoms with Crippen LogP contribution < -0.4 is 5.73 Å². The van der Waals surface area contributed by atoms with E-state index in [4.69, 9.17) is 10.8 Å². The van der Waals surface area contributed by atoms with E-state index in [1.807, 2.05) is 19.1 Å². The first kappa shape index (κ1) is 11.1. The zero-order chi connectivity index (χ0) is 12.4. The molecule has 0 aliphatic rings. The highest BCUT2D eigenvalue weighted by molar-refractivity contribution is 5.66. The number of anilines is 1. The van der Waals surface area contributed by atoms with Gasteiger partial charge >= 0.3 is 5.97 Å². The van der Waals surface area contributed by atoms with Crippen LogP contribution in [0.15, 0.2) is 18.2 Å². The number of carboxylic acid groups (broad SMARTS) is 1. The van der Waals surface area contributed by atoms with E-state index in [9.17, 15) is 4.79 Å². The monoisotopic (exact) mass is 233 g/mol. The Balaban J connectivity index is 2.30. The molecule has 1 heterocycles. The number of aryl methyl sites for hydroxylation is 1. The van der Waals surface area contributed by atoms with Crippen molar-refractivity contribution in [2.24, 2.45) is 0 Å². The van der Waals surface area contributed by atoms with Crippen molar-refractivity contribution >= 4 is 11.7 Å². The van der Waals surface area contributed by atoms with Crippen LogP contribution in [-0.2, 0) is 11.3 Å². The molecule has 1 aromatic heterocycles. The summed E-state index contributed by atoms with van der Waals surface area (Å²) in [5, 5.41) is 19.9. The summed E-state index contributed by atoms with van der Waals surface area (Å²) in [5.41, 5.74) is 8.08. The van der Waals surface area contributed by atoms with Crippen LogP contribution in [0.4, 0.5) is 5.69 Å². The van der Waals surface area contributed by atoms with Gasteiger partial charge in [0.05, 0.1) is 0 Å². The van der Waals surface area contributed by atoms with E-state index >= 15 is 0 Å². The van der Waals surface area contributed by atoms with Gasteiger partial charge in [0.25, 0.3) is 0 Å². The second-order valence-electron chi connectivity index (χ2n) is 3.61. The number of carboxylic acids is 1. The number of nitrogen functional groups attached to an aromatic ring is 1. The van der Waals surface area contributed by atoms with E-state index in [-0.39, 0.29) is 6.54 Å². The van der Waals surface area contributed by atoms with Crippen LogP contribution in [0.2, 0.25) is 0 Å². The second kappa shape index (κ2) is 4.20. The Bertz CT molecular complexity index is 564. The fraction of sp³-hybridized carbons (Fsp3) is 0.200. The molecule has 7 nitrogen and oxygen atoms in total. The van der Waals surface area contributed by atoms with Crippen molar-refractivity contribution in [2.45, 2.75) is 13.5 Å². The lowest BCUT2D eigenvalue weighted by Gasteiger charge is -2.00.